The van der Waals surface area contributed by atoms with Crippen molar-refractivity contribution in [3.05, 3.63) is 54.1 Å². The maximum atomic E-state index is 10.8. The molecule has 2 aromatic carbocycles. The number of aromatic carboxylic acids is 1. The number of nitrogens with one attached hydrogen (secondary N) is 1. The number of anilines is 1. The molecule has 0 aliphatic carbocycles. The lowest BCUT2D eigenvalue weighted by molar-refractivity contribution is 0.0697. The molecule has 96 valence electrons. The summed E-state index contributed by atoms with van der Waals surface area (Å²) in [6, 6.07) is 14.2. The molecule has 4 nitrogen and oxygen atoms in total. The van der Waals surface area contributed by atoms with Crippen molar-refractivity contribution in [1.82, 2.24) is 0 Å². The van der Waals surface area contributed by atoms with E-state index in [4.69, 9.17) is 23.1 Å². The highest BCUT2D eigenvalue weighted by Crippen LogP contribution is 2.23. The minimum Gasteiger partial charge on any atom is -0.478 e. The van der Waals surface area contributed by atoms with Gasteiger partial charge in [0, 0.05) is 5.69 Å². The van der Waals surface area contributed by atoms with Gasteiger partial charge in [-0.15, -0.1) is 0 Å². The van der Waals surface area contributed by atoms with Gasteiger partial charge in [0.15, 0.2) is 5.11 Å². The Morgan fingerprint density at radius 3 is 2.37 bits per heavy atom. The van der Waals surface area contributed by atoms with Crippen molar-refractivity contribution in [2.24, 2.45) is 5.73 Å². The van der Waals surface area contributed by atoms with E-state index in [9.17, 15) is 4.79 Å². The first kappa shape index (κ1) is 13.0. The van der Waals surface area contributed by atoms with E-state index in [-0.39, 0.29) is 10.7 Å². The number of nitrogens with two attached hydrogens (primary N) is 1. The molecule has 0 unspecified atom stereocenters. The predicted octanol–water partition coefficient (Wildman–Crippen LogP) is 2.71. The third kappa shape index (κ3) is 3.29. The van der Waals surface area contributed by atoms with Crippen LogP contribution in [0.1, 0.15) is 10.4 Å². The maximum Gasteiger partial charge on any atom is 0.335 e. The summed E-state index contributed by atoms with van der Waals surface area (Å²) in [6.45, 7) is 0. The van der Waals surface area contributed by atoms with Gasteiger partial charge in [-0.1, -0.05) is 24.3 Å². The van der Waals surface area contributed by atoms with Crippen LogP contribution in [0.25, 0.3) is 11.1 Å². The number of thiocarbonyl (C=S) groups is 1. The third-order valence-corrected chi connectivity index (χ3v) is 2.70. The third-order valence-electron chi connectivity index (χ3n) is 2.60. The molecule has 0 saturated carbocycles. The zero-order chi connectivity index (χ0) is 13.8. The van der Waals surface area contributed by atoms with Gasteiger partial charge in [0.2, 0.25) is 0 Å². The Morgan fingerprint density at radius 1 is 1.11 bits per heavy atom. The minimum absolute atomic E-state index is 0.207. The van der Waals surface area contributed by atoms with Crippen molar-refractivity contribution in [2.45, 2.75) is 0 Å². The summed E-state index contributed by atoms with van der Waals surface area (Å²) >= 11 is 4.78. The van der Waals surface area contributed by atoms with Gasteiger partial charge in [-0.2, -0.15) is 0 Å². The maximum absolute atomic E-state index is 10.8. The van der Waals surface area contributed by atoms with Gasteiger partial charge < -0.3 is 16.2 Å². The summed E-state index contributed by atoms with van der Waals surface area (Å²) in [5.74, 6) is -0.935. The van der Waals surface area contributed by atoms with Crippen molar-refractivity contribution in [3.63, 3.8) is 0 Å². The Labute approximate surface area is 115 Å². The average molecular weight is 272 g/mol. The Balaban J connectivity index is 2.30. The van der Waals surface area contributed by atoms with E-state index < -0.39 is 5.97 Å². The van der Waals surface area contributed by atoms with Gasteiger partial charge in [-0.05, 0) is 47.6 Å². The number of hydrogen-bond acceptors (Lipinski definition) is 2. The van der Waals surface area contributed by atoms with Crippen LogP contribution >= 0.6 is 12.2 Å². The fourth-order valence-corrected chi connectivity index (χ4v) is 1.84. The molecular weight excluding hydrogens is 260 g/mol. The van der Waals surface area contributed by atoms with E-state index in [1.807, 2.05) is 24.3 Å². The average Bonchev–Trinajstić information content (AvgIpc) is 2.38. The van der Waals surface area contributed by atoms with Gasteiger partial charge in [0.25, 0.3) is 0 Å². The molecule has 0 aliphatic rings. The number of carboxylic acids is 1. The van der Waals surface area contributed by atoms with E-state index in [2.05, 4.69) is 5.32 Å². The van der Waals surface area contributed by atoms with Crippen LogP contribution in [0, 0.1) is 0 Å². The number of carboxylic acid groups (broad SMARTS) is 1. The first-order valence-corrected chi connectivity index (χ1v) is 5.97. The molecule has 0 spiro atoms. The molecule has 0 atom stereocenters. The predicted molar refractivity (Wildman–Crippen MR) is 79.2 cm³/mol. The molecule has 2 rings (SSSR count). The molecule has 0 radical (unpaired) electrons. The Hall–Kier alpha value is -2.40. The Morgan fingerprint density at radius 2 is 1.79 bits per heavy atom. The lowest BCUT2D eigenvalue weighted by Crippen LogP contribution is -2.18. The molecule has 19 heavy (non-hydrogen) atoms. The van der Waals surface area contributed by atoms with Crippen LogP contribution in [-0.4, -0.2) is 16.2 Å². The van der Waals surface area contributed by atoms with Crippen LogP contribution in [0.4, 0.5) is 5.69 Å². The second-order valence-electron chi connectivity index (χ2n) is 3.95. The molecule has 5 heteroatoms. The highest BCUT2D eigenvalue weighted by molar-refractivity contribution is 7.80. The molecule has 0 fully saturated rings. The molecule has 0 amide bonds. The Kier molecular flexibility index (Phi) is 3.77. The minimum atomic E-state index is -0.935. The van der Waals surface area contributed by atoms with Crippen molar-refractivity contribution in [3.8, 4) is 11.1 Å². The summed E-state index contributed by atoms with van der Waals surface area (Å²) in [4.78, 5) is 10.8. The lowest BCUT2D eigenvalue weighted by atomic mass is 10.0. The molecule has 2 aromatic rings. The molecule has 0 saturated heterocycles. The largest absolute Gasteiger partial charge is 0.478 e. The standard InChI is InChI=1S/C14H12N2O2S/c15-14(19)16-12-3-1-2-11(8-12)9-4-6-10(7-5-9)13(17)18/h1-8H,(H,17,18)(H3,15,16,19). The van der Waals surface area contributed by atoms with Crippen LogP contribution in [0.3, 0.4) is 0 Å². The first-order valence-electron chi connectivity index (χ1n) is 5.56. The smallest absolute Gasteiger partial charge is 0.335 e. The quantitative estimate of drug-likeness (QED) is 0.749. The normalized spacial score (nSPS) is 9.89. The molecular formula is C14H12N2O2S. The highest BCUT2D eigenvalue weighted by Gasteiger charge is 2.04. The SMILES string of the molecule is NC(=S)Nc1cccc(-c2ccc(C(=O)O)cc2)c1. The van der Waals surface area contributed by atoms with Gasteiger partial charge in [0.1, 0.15) is 0 Å². The number of hydrogen-bond donors (Lipinski definition) is 3. The summed E-state index contributed by atoms with van der Waals surface area (Å²) in [5.41, 5.74) is 8.37. The van der Waals surface area contributed by atoms with Crippen molar-refractivity contribution >= 4 is 29.0 Å². The van der Waals surface area contributed by atoms with E-state index in [0.29, 0.717) is 0 Å². The molecule has 0 bridgehead atoms. The fourth-order valence-electron chi connectivity index (χ4n) is 1.72. The highest BCUT2D eigenvalue weighted by atomic mass is 32.1. The monoisotopic (exact) mass is 272 g/mol. The Bertz CT molecular complexity index is 624. The zero-order valence-electron chi connectivity index (χ0n) is 9.96. The zero-order valence-corrected chi connectivity index (χ0v) is 10.8. The molecule has 0 aliphatic heterocycles. The van der Waals surface area contributed by atoms with E-state index >= 15 is 0 Å². The molecule has 0 heterocycles. The van der Waals surface area contributed by atoms with Crippen LogP contribution in [0.2, 0.25) is 0 Å². The van der Waals surface area contributed by atoms with Gasteiger partial charge in [-0.25, -0.2) is 4.79 Å². The molecule has 4 N–H and O–H groups in total. The van der Waals surface area contributed by atoms with E-state index in [0.717, 1.165) is 16.8 Å². The van der Waals surface area contributed by atoms with Gasteiger partial charge >= 0.3 is 5.97 Å². The summed E-state index contributed by atoms with van der Waals surface area (Å²) in [7, 11) is 0. The number of carbonyl (C=O) groups is 1. The van der Waals surface area contributed by atoms with Crippen LogP contribution in [0.5, 0.6) is 0 Å². The van der Waals surface area contributed by atoms with Crippen LogP contribution < -0.4 is 11.1 Å². The summed E-state index contributed by atoms with van der Waals surface area (Å²) in [5, 5.41) is 11.9. The van der Waals surface area contributed by atoms with E-state index in [1.165, 1.54) is 0 Å². The van der Waals surface area contributed by atoms with Gasteiger partial charge in [0.05, 0.1) is 5.56 Å². The second kappa shape index (κ2) is 5.49. The van der Waals surface area contributed by atoms with Crippen molar-refractivity contribution in [2.75, 3.05) is 5.32 Å². The van der Waals surface area contributed by atoms with Gasteiger partial charge in [-0.3, -0.25) is 0 Å². The van der Waals surface area contributed by atoms with Crippen molar-refractivity contribution in [1.29, 1.82) is 0 Å². The molecule has 0 aromatic heterocycles. The summed E-state index contributed by atoms with van der Waals surface area (Å²) < 4.78 is 0. The first-order chi connectivity index (χ1) is 9.06. The van der Waals surface area contributed by atoms with Crippen molar-refractivity contribution < 1.29 is 9.90 Å². The summed E-state index contributed by atoms with van der Waals surface area (Å²) in [6.07, 6.45) is 0. The number of benzene rings is 2. The second-order valence-corrected chi connectivity index (χ2v) is 4.39. The van der Waals surface area contributed by atoms with Crippen LogP contribution in [0.15, 0.2) is 48.5 Å². The lowest BCUT2D eigenvalue weighted by Gasteiger charge is -2.07. The van der Waals surface area contributed by atoms with E-state index in [1.54, 1.807) is 24.3 Å². The fraction of sp³-hybridized carbons (Fsp3) is 0. The topological polar surface area (TPSA) is 75.3 Å². The number of rotatable bonds is 3. The van der Waals surface area contributed by atoms with Crippen LogP contribution in [-0.2, 0) is 0 Å².